The summed E-state index contributed by atoms with van der Waals surface area (Å²) in [6.45, 7) is 4.83. The minimum Gasteiger partial charge on any atom is -0.466 e. The van der Waals surface area contributed by atoms with Crippen molar-refractivity contribution in [3.8, 4) is 0 Å². The van der Waals surface area contributed by atoms with Gasteiger partial charge in [0.2, 0.25) is 5.91 Å². The van der Waals surface area contributed by atoms with Crippen molar-refractivity contribution >= 4 is 11.9 Å². The molecule has 6 nitrogen and oxygen atoms in total. The Hall–Kier alpha value is -2.18. The van der Waals surface area contributed by atoms with Crippen LogP contribution in [-0.2, 0) is 14.3 Å². The summed E-state index contributed by atoms with van der Waals surface area (Å²) in [5, 5.41) is 23.0. The predicted molar refractivity (Wildman–Crippen MR) is 269 cm³/mol. The number of hydrogen-bond acceptors (Lipinski definition) is 5. The third-order valence-electron chi connectivity index (χ3n) is 12.1. The molecule has 6 heteroatoms. The first kappa shape index (κ1) is 59.8. The lowest BCUT2D eigenvalue weighted by Gasteiger charge is -2.20. The Bertz CT molecular complexity index is 1050. The predicted octanol–water partition coefficient (Wildman–Crippen LogP) is 16.2. The van der Waals surface area contributed by atoms with E-state index in [4.69, 9.17) is 4.74 Å². The second-order valence-electron chi connectivity index (χ2n) is 18.2. The number of hydrogen-bond donors (Lipinski definition) is 3. The van der Waals surface area contributed by atoms with Crippen LogP contribution >= 0.6 is 0 Å². The number of rotatable bonds is 49. The van der Waals surface area contributed by atoms with E-state index in [0.717, 1.165) is 64.2 Å². The maximum absolute atomic E-state index is 12.4. The van der Waals surface area contributed by atoms with Gasteiger partial charge < -0.3 is 20.3 Å². The van der Waals surface area contributed by atoms with Crippen LogP contribution in [0.2, 0.25) is 0 Å². The molecule has 0 rings (SSSR count). The van der Waals surface area contributed by atoms with E-state index in [1.165, 1.54) is 180 Å². The van der Waals surface area contributed by atoms with Crippen molar-refractivity contribution in [1.29, 1.82) is 0 Å². The first-order valence-electron chi connectivity index (χ1n) is 26.9. The first-order valence-corrected chi connectivity index (χ1v) is 26.9. The highest BCUT2D eigenvalue weighted by molar-refractivity contribution is 5.76. The van der Waals surface area contributed by atoms with Crippen molar-refractivity contribution in [2.24, 2.45) is 0 Å². The maximum atomic E-state index is 12.4. The number of aliphatic hydroxyl groups excluding tert-OH is 2. The molecule has 362 valence electrons. The number of ether oxygens (including phenoxy) is 1. The van der Waals surface area contributed by atoms with E-state index in [1.807, 2.05) is 6.08 Å². The Labute approximate surface area is 385 Å². The lowest BCUT2D eigenvalue weighted by Crippen LogP contribution is -2.45. The molecule has 0 bridgehead atoms. The third kappa shape index (κ3) is 47.3. The molecule has 62 heavy (non-hydrogen) atoms. The Morgan fingerprint density at radius 2 is 0.823 bits per heavy atom. The summed E-state index contributed by atoms with van der Waals surface area (Å²) >= 11 is 0. The summed E-state index contributed by atoms with van der Waals surface area (Å²) in [7, 11) is 0. The molecule has 3 N–H and O–H groups in total. The zero-order chi connectivity index (χ0) is 45.1. The van der Waals surface area contributed by atoms with Gasteiger partial charge in [0.05, 0.1) is 25.4 Å². The van der Waals surface area contributed by atoms with Gasteiger partial charge in [-0.3, -0.25) is 9.59 Å². The highest BCUT2D eigenvalue weighted by Crippen LogP contribution is 2.15. The van der Waals surface area contributed by atoms with Gasteiger partial charge in [-0.15, -0.1) is 0 Å². The number of allylic oxidation sites excluding steroid dienone is 7. The number of nitrogens with one attached hydrogen (secondary N) is 1. The molecule has 0 aliphatic heterocycles. The highest BCUT2D eigenvalue weighted by Gasteiger charge is 2.18. The van der Waals surface area contributed by atoms with Gasteiger partial charge in [0, 0.05) is 12.8 Å². The van der Waals surface area contributed by atoms with Crippen LogP contribution in [0.1, 0.15) is 271 Å². The normalized spacial score (nSPS) is 13.0. The summed E-state index contributed by atoms with van der Waals surface area (Å²) in [5.41, 5.74) is 0. The van der Waals surface area contributed by atoms with Crippen molar-refractivity contribution in [3.05, 3.63) is 48.6 Å². The zero-order valence-corrected chi connectivity index (χ0v) is 41.1. The molecule has 2 unspecified atom stereocenters. The monoisotopic (exact) mass is 870 g/mol. The van der Waals surface area contributed by atoms with Gasteiger partial charge in [-0.05, 0) is 83.5 Å². The molecule has 0 aromatic carbocycles. The summed E-state index contributed by atoms with van der Waals surface area (Å²) in [6, 6.07) is -0.634. The van der Waals surface area contributed by atoms with Crippen LogP contribution in [0.3, 0.4) is 0 Å². The van der Waals surface area contributed by atoms with Gasteiger partial charge >= 0.3 is 5.97 Å². The quantitative estimate of drug-likeness (QED) is 0.0322. The number of unbranched alkanes of at least 4 members (excludes halogenated alkanes) is 32. The minimum atomic E-state index is -0.850. The van der Waals surface area contributed by atoms with Crippen LogP contribution in [0.4, 0.5) is 0 Å². The maximum Gasteiger partial charge on any atom is 0.305 e. The standard InChI is InChI=1S/C56H103NO5/c1-3-5-7-9-11-13-28-32-36-40-44-48-54(59)53(52-58)57-55(60)49-45-41-37-33-30-26-24-22-20-18-16-15-17-19-21-23-25-27-31-35-39-43-47-51-62-56(61)50-46-42-38-34-29-14-12-10-8-6-4-2/h10,12,15,17-18,20,44,48,53-54,58-59H,3-9,11,13-14,16,19,21-43,45-47,49-52H2,1-2H3,(H,57,60)/b12-10-,17-15-,20-18-,48-44+. The molecule has 0 radical (unpaired) electrons. The smallest absolute Gasteiger partial charge is 0.305 e. The van der Waals surface area contributed by atoms with Gasteiger partial charge in [-0.2, -0.15) is 0 Å². The second-order valence-corrected chi connectivity index (χ2v) is 18.2. The van der Waals surface area contributed by atoms with Crippen LogP contribution in [-0.4, -0.2) is 47.4 Å². The lowest BCUT2D eigenvalue weighted by molar-refractivity contribution is -0.143. The van der Waals surface area contributed by atoms with E-state index >= 15 is 0 Å². The molecule has 0 saturated carbocycles. The van der Waals surface area contributed by atoms with Crippen molar-refractivity contribution in [2.45, 2.75) is 283 Å². The number of carbonyl (C=O) groups excluding carboxylic acids is 2. The van der Waals surface area contributed by atoms with E-state index in [1.54, 1.807) is 6.08 Å². The Morgan fingerprint density at radius 1 is 0.452 bits per heavy atom. The number of aliphatic hydroxyl groups is 2. The molecule has 0 fully saturated rings. The highest BCUT2D eigenvalue weighted by atomic mass is 16.5. The Balaban J connectivity index is 3.48. The number of carbonyl (C=O) groups is 2. The van der Waals surface area contributed by atoms with E-state index in [2.05, 4.69) is 55.6 Å². The van der Waals surface area contributed by atoms with Crippen molar-refractivity contribution in [2.75, 3.05) is 13.2 Å². The average Bonchev–Trinajstić information content (AvgIpc) is 3.27. The Morgan fingerprint density at radius 3 is 1.29 bits per heavy atom. The molecule has 0 aromatic rings. The Kier molecular flexibility index (Phi) is 49.6. The molecule has 0 spiro atoms. The molecule has 0 saturated heterocycles. The SMILES string of the molecule is CCCC/C=C\CCCCCCCC(=O)OCCCCCCCCCCC/C=C\C/C=C\CCCCCCCCCC(=O)NC(CO)C(O)/C=C/CCCCCCCCCCC. The molecular weight excluding hydrogens is 767 g/mol. The van der Waals surface area contributed by atoms with Crippen LogP contribution < -0.4 is 5.32 Å². The largest absolute Gasteiger partial charge is 0.466 e. The summed E-state index contributed by atoms with van der Waals surface area (Å²) in [5.74, 6) is -0.0865. The van der Waals surface area contributed by atoms with E-state index in [0.29, 0.717) is 19.4 Å². The molecule has 0 aliphatic carbocycles. The van der Waals surface area contributed by atoms with Crippen LogP contribution in [0, 0.1) is 0 Å². The van der Waals surface area contributed by atoms with E-state index in [-0.39, 0.29) is 18.5 Å². The van der Waals surface area contributed by atoms with Gasteiger partial charge in [0.15, 0.2) is 0 Å². The van der Waals surface area contributed by atoms with Crippen LogP contribution in [0.25, 0.3) is 0 Å². The zero-order valence-electron chi connectivity index (χ0n) is 41.1. The molecule has 0 aromatic heterocycles. The molecule has 0 heterocycles. The van der Waals surface area contributed by atoms with Crippen molar-refractivity contribution in [3.63, 3.8) is 0 Å². The number of esters is 1. The van der Waals surface area contributed by atoms with Crippen LogP contribution in [0.15, 0.2) is 48.6 Å². The van der Waals surface area contributed by atoms with Gasteiger partial charge in [0.1, 0.15) is 0 Å². The fourth-order valence-corrected chi connectivity index (χ4v) is 7.88. The molecular formula is C56H103NO5. The van der Waals surface area contributed by atoms with Gasteiger partial charge in [-0.25, -0.2) is 0 Å². The third-order valence-corrected chi connectivity index (χ3v) is 12.1. The first-order chi connectivity index (χ1) is 30.5. The van der Waals surface area contributed by atoms with E-state index < -0.39 is 12.1 Å². The van der Waals surface area contributed by atoms with Gasteiger partial charge in [0.25, 0.3) is 0 Å². The average molecular weight is 870 g/mol. The topological polar surface area (TPSA) is 95.9 Å². The summed E-state index contributed by atoms with van der Waals surface area (Å²) in [6.07, 6.45) is 64.1. The fourth-order valence-electron chi connectivity index (χ4n) is 7.88. The summed E-state index contributed by atoms with van der Waals surface area (Å²) in [4.78, 5) is 24.4. The van der Waals surface area contributed by atoms with E-state index in [9.17, 15) is 19.8 Å². The second kappa shape index (κ2) is 51.5. The number of amides is 1. The van der Waals surface area contributed by atoms with Gasteiger partial charge in [-0.1, -0.05) is 223 Å². The molecule has 0 aliphatic rings. The molecule has 1 amide bonds. The minimum absolute atomic E-state index is 0.00557. The van der Waals surface area contributed by atoms with Crippen molar-refractivity contribution < 1.29 is 24.5 Å². The molecule has 2 atom stereocenters. The van der Waals surface area contributed by atoms with Crippen molar-refractivity contribution in [1.82, 2.24) is 5.32 Å². The fraction of sp³-hybridized carbons (Fsp3) is 0.821. The van der Waals surface area contributed by atoms with Crippen LogP contribution in [0.5, 0.6) is 0 Å². The lowest BCUT2D eigenvalue weighted by atomic mass is 10.1. The summed E-state index contributed by atoms with van der Waals surface area (Å²) < 4.78 is 5.44.